The van der Waals surface area contributed by atoms with Gasteiger partial charge in [0, 0.05) is 12.2 Å². The van der Waals surface area contributed by atoms with Gasteiger partial charge in [-0.05, 0) is 42.9 Å². The topological polar surface area (TPSA) is 49.5 Å². The fraction of sp³-hybridized carbons (Fsp3) is 0.731. The van der Waals surface area contributed by atoms with Gasteiger partial charge < -0.3 is 15.7 Å². The summed E-state index contributed by atoms with van der Waals surface area (Å²) in [5, 5.41) is 9.83. The maximum Gasteiger partial charge on any atom is 0.170 e. The molecule has 0 spiro atoms. The van der Waals surface area contributed by atoms with E-state index >= 15 is 0 Å². The lowest BCUT2D eigenvalue weighted by molar-refractivity contribution is 0.475. The number of nitrogens with two attached hydrogens (primary N) is 1. The van der Waals surface area contributed by atoms with E-state index in [0.29, 0.717) is 5.11 Å². The molecule has 1 aromatic rings. The van der Waals surface area contributed by atoms with Gasteiger partial charge in [0.25, 0.3) is 0 Å². The molecule has 0 aliphatic rings. The summed E-state index contributed by atoms with van der Waals surface area (Å²) in [5.74, 6) is 0.263. The van der Waals surface area contributed by atoms with Crippen molar-refractivity contribution in [3.63, 3.8) is 0 Å². The van der Waals surface area contributed by atoms with E-state index in [2.05, 4.69) is 6.92 Å². The highest BCUT2D eigenvalue weighted by molar-refractivity contribution is 7.80. The molecule has 3 N–H and O–H groups in total. The molecule has 3 nitrogen and oxygen atoms in total. The zero-order valence-electron chi connectivity index (χ0n) is 19.4. The summed E-state index contributed by atoms with van der Waals surface area (Å²) >= 11 is 5.19. The Kier molecular flexibility index (Phi) is 16.5. The number of hydrogen-bond donors (Lipinski definition) is 2. The van der Waals surface area contributed by atoms with E-state index in [9.17, 15) is 5.11 Å². The van der Waals surface area contributed by atoms with Crippen molar-refractivity contribution in [2.45, 2.75) is 116 Å². The first-order valence-electron chi connectivity index (χ1n) is 12.5. The largest absolute Gasteiger partial charge is 0.508 e. The lowest BCUT2D eigenvalue weighted by Gasteiger charge is -2.23. The first-order chi connectivity index (χ1) is 14.6. The van der Waals surface area contributed by atoms with Crippen molar-refractivity contribution in [3.8, 4) is 5.75 Å². The van der Waals surface area contributed by atoms with Crippen molar-refractivity contribution in [2.75, 3.05) is 11.4 Å². The second kappa shape index (κ2) is 18.5. The Morgan fingerprint density at radius 3 is 1.43 bits per heavy atom. The molecular formula is C26H46N2OS. The van der Waals surface area contributed by atoms with E-state index in [-0.39, 0.29) is 5.75 Å². The van der Waals surface area contributed by atoms with E-state index in [1.165, 1.54) is 103 Å². The Hall–Kier alpha value is -1.29. The molecule has 172 valence electrons. The number of nitrogens with zero attached hydrogens (tertiary/aromatic N) is 1. The molecule has 0 radical (unpaired) electrons. The third-order valence-corrected chi connectivity index (χ3v) is 6.13. The molecule has 0 aromatic heterocycles. The van der Waals surface area contributed by atoms with Crippen LogP contribution < -0.4 is 10.6 Å². The summed E-state index contributed by atoms with van der Waals surface area (Å²) < 4.78 is 0. The van der Waals surface area contributed by atoms with Gasteiger partial charge in [-0.15, -0.1) is 0 Å². The molecule has 0 heterocycles. The Morgan fingerprint density at radius 1 is 0.700 bits per heavy atom. The molecule has 0 unspecified atom stereocenters. The minimum Gasteiger partial charge on any atom is -0.508 e. The molecule has 0 aliphatic heterocycles. The van der Waals surface area contributed by atoms with Crippen molar-refractivity contribution in [1.29, 1.82) is 0 Å². The van der Waals surface area contributed by atoms with Crippen LogP contribution in [0.3, 0.4) is 0 Å². The molecule has 0 atom stereocenters. The number of aromatic hydroxyl groups is 1. The van der Waals surface area contributed by atoms with Crippen LogP contribution in [0.4, 0.5) is 5.69 Å². The zero-order valence-corrected chi connectivity index (χ0v) is 20.2. The number of rotatable bonds is 19. The monoisotopic (exact) mass is 434 g/mol. The quantitative estimate of drug-likeness (QED) is 0.171. The first-order valence-corrected chi connectivity index (χ1v) is 12.9. The minimum absolute atomic E-state index is 0.263. The van der Waals surface area contributed by atoms with Gasteiger partial charge in [0.05, 0.1) is 0 Å². The second-order valence-corrected chi connectivity index (χ2v) is 9.08. The molecule has 0 amide bonds. The van der Waals surface area contributed by atoms with Crippen molar-refractivity contribution in [3.05, 3.63) is 24.3 Å². The standard InChI is InChI=1S/C26H46N2OS/c1-2-3-4-5-6-7-8-9-10-11-12-13-14-15-16-17-18-23-28(26(27)30)24-19-21-25(29)22-20-24/h19-22,29H,2-18,23H2,1H3,(H2,27,30). The fourth-order valence-corrected chi connectivity index (χ4v) is 4.19. The van der Waals surface area contributed by atoms with Crippen LogP contribution in [0.15, 0.2) is 24.3 Å². The predicted molar refractivity (Wildman–Crippen MR) is 136 cm³/mol. The molecule has 30 heavy (non-hydrogen) atoms. The van der Waals surface area contributed by atoms with Crippen LogP contribution in [0, 0.1) is 0 Å². The van der Waals surface area contributed by atoms with Crippen LogP contribution in [0.25, 0.3) is 0 Å². The average molecular weight is 435 g/mol. The van der Waals surface area contributed by atoms with Crippen LogP contribution in [-0.2, 0) is 0 Å². The molecule has 0 bridgehead atoms. The smallest absolute Gasteiger partial charge is 0.170 e. The van der Waals surface area contributed by atoms with Gasteiger partial charge in [-0.25, -0.2) is 0 Å². The third-order valence-electron chi connectivity index (χ3n) is 5.91. The maximum atomic E-state index is 9.43. The summed E-state index contributed by atoms with van der Waals surface area (Å²) in [6.07, 6.45) is 23.4. The van der Waals surface area contributed by atoms with Gasteiger partial charge in [-0.1, -0.05) is 110 Å². The number of hydrogen-bond acceptors (Lipinski definition) is 2. The summed E-state index contributed by atoms with van der Waals surface area (Å²) in [6.45, 7) is 3.13. The average Bonchev–Trinajstić information content (AvgIpc) is 2.73. The SMILES string of the molecule is CCCCCCCCCCCCCCCCCCCN(C(N)=S)c1ccc(O)cc1. The lowest BCUT2D eigenvalue weighted by atomic mass is 10.0. The molecule has 0 fully saturated rings. The number of unbranched alkanes of at least 4 members (excludes halogenated alkanes) is 16. The highest BCUT2D eigenvalue weighted by atomic mass is 32.1. The number of phenols is 1. The van der Waals surface area contributed by atoms with Gasteiger partial charge in [-0.3, -0.25) is 0 Å². The highest BCUT2D eigenvalue weighted by Crippen LogP contribution is 2.19. The highest BCUT2D eigenvalue weighted by Gasteiger charge is 2.08. The van der Waals surface area contributed by atoms with E-state index in [1.54, 1.807) is 12.1 Å². The van der Waals surface area contributed by atoms with Crippen LogP contribution in [0.5, 0.6) is 5.75 Å². The Bertz CT molecular complexity index is 532. The maximum absolute atomic E-state index is 9.43. The van der Waals surface area contributed by atoms with Crippen LogP contribution in [0.1, 0.15) is 116 Å². The molecule has 4 heteroatoms. The van der Waals surface area contributed by atoms with E-state index in [1.807, 2.05) is 17.0 Å². The van der Waals surface area contributed by atoms with E-state index in [0.717, 1.165) is 18.7 Å². The van der Waals surface area contributed by atoms with Crippen LogP contribution >= 0.6 is 12.2 Å². The van der Waals surface area contributed by atoms with Gasteiger partial charge in [0.15, 0.2) is 5.11 Å². The molecule has 0 aliphatic carbocycles. The number of benzene rings is 1. The summed E-state index contributed by atoms with van der Waals surface area (Å²) in [4.78, 5) is 1.96. The Morgan fingerprint density at radius 2 is 1.07 bits per heavy atom. The summed E-state index contributed by atoms with van der Waals surface area (Å²) in [6, 6.07) is 7.08. The lowest BCUT2D eigenvalue weighted by Crippen LogP contribution is -2.36. The van der Waals surface area contributed by atoms with Crippen molar-refractivity contribution in [1.82, 2.24) is 0 Å². The molecule has 1 aromatic carbocycles. The number of anilines is 1. The molecule has 0 saturated carbocycles. The van der Waals surface area contributed by atoms with Gasteiger partial charge in [0.2, 0.25) is 0 Å². The predicted octanol–water partition coefficient (Wildman–Crippen LogP) is 8.09. The minimum atomic E-state index is 0.263. The van der Waals surface area contributed by atoms with Crippen LogP contribution in [-0.4, -0.2) is 16.8 Å². The Balaban J connectivity index is 1.90. The van der Waals surface area contributed by atoms with Gasteiger partial charge >= 0.3 is 0 Å². The molecule has 0 saturated heterocycles. The summed E-state index contributed by atoms with van der Waals surface area (Å²) in [5.41, 5.74) is 6.83. The Labute approximate surface area is 191 Å². The zero-order chi connectivity index (χ0) is 21.9. The number of phenolic OH excluding ortho intramolecular Hbond substituents is 1. The van der Waals surface area contributed by atoms with Crippen molar-refractivity contribution >= 4 is 23.0 Å². The van der Waals surface area contributed by atoms with E-state index in [4.69, 9.17) is 18.0 Å². The molecular weight excluding hydrogens is 388 g/mol. The van der Waals surface area contributed by atoms with E-state index < -0.39 is 0 Å². The summed E-state index contributed by atoms with van der Waals surface area (Å²) in [7, 11) is 0. The van der Waals surface area contributed by atoms with Crippen molar-refractivity contribution < 1.29 is 5.11 Å². The first kappa shape index (κ1) is 26.7. The second-order valence-electron chi connectivity index (χ2n) is 8.66. The normalized spacial score (nSPS) is 11.0. The number of thiocarbonyl (C=S) groups is 1. The van der Waals surface area contributed by atoms with Gasteiger partial charge in [0.1, 0.15) is 5.75 Å². The fourth-order valence-electron chi connectivity index (χ4n) is 3.99. The third kappa shape index (κ3) is 13.8. The van der Waals surface area contributed by atoms with Crippen molar-refractivity contribution in [2.24, 2.45) is 5.73 Å². The molecule has 1 rings (SSSR count). The van der Waals surface area contributed by atoms with Crippen LogP contribution in [0.2, 0.25) is 0 Å². The van der Waals surface area contributed by atoms with Gasteiger partial charge in [-0.2, -0.15) is 0 Å².